The molecular formula is C11H17N3O2S. The lowest BCUT2D eigenvalue weighted by atomic mass is 10.1. The van der Waals surface area contributed by atoms with Gasteiger partial charge in [0.1, 0.15) is 0 Å². The SMILES string of the molecule is Cc1ccnc(S(=O)(=O)N2CCC(N)CC2)c1. The molecule has 1 saturated heterocycles. The molecule has 1 fully saturated rings. The molecular weight excluding hydrogens is 238 g/mol. The summed E-state index contributed by atoms with van der Waals surface area (Å²) in [7, 11) is -3.44. The van der Waals surface area contributed by atoms with Crippen LogP contribution >= 0.6 is 0 Å². The number of sulfonamides is 1. The van der Waals surface area contributed by atoms with Crippen molar-refractivity contribution in [2.24, 2.45) is 5.73 Å². The standard InChI is InChI=1S/C11H17N3O2S/c1-9-2-5-13-11(8-9)17(15,16)14-6-3-10(12)4-7-14/h2,5,8,10H,3-4,6-7,12H2,1H3. The molecule has 0 unspecified atom stereocenters. The van der Waals surface area contributed by atoms with Crippen LogP contribution in [0.3, 0.4) is 0 Å². The molecule has 5 nitrogen and oxygen atoms in total. The quantitative estimate of drug-likeness (QED) is 0.835. The molecule has 0 amide bonds. The second-order valence-corrected chi connectivity index (χ2v) is 6.30. The third-order valence-electron chi connectivity index (χ3n) is 2.99. The van der Waals surface area contributed by atoms with Crippen molar-refractivity contribution >= 4 is 10.0 Å². The van der Waals surface area contributed by atoms with Gasteiger partial charge in [-0.15, -0.1) is 0 Å². The maximum absolute atomic E-state index is 12.3. The van der Waals surface area contributed by atoms with E-state index in [1.165, 1.54) is 10.5 Å². The van der Waals surface area contributed by atoms with Crippen molar-refractivity contribution in [3.8, 4) is 0 Å². The maximum atomic E-state index is 12.3. The first-order valence-electron chi connectivity index (χ1n) is 5.68. The van der Waals surface area contributed by atoms with Crippen molar-refractivity contribution in [2.75, 3.05) is 13.1 Å². The Morgan fingerprint density at radius 2 is 2.06 bits per heavy atom. The number of hydrogen-bond donors (Lipinski definition) is 1. The van der Waals surface area contributed by atoms with Gasteiger partial charge in [-0.3, -0.25) is 0 Å². The van der Waals surface area contributed by atoms with Crippen LogP contribution in [0.2, 0.25) is 0 Å². The predicted molar refractivity (Wildman–Crippen MR) is 64.9 cm³/mol. The highest BCUT2D eigenvalue weighted by Crippen LogP contribution is 2.18. The number of nitrogens with two attached hydrogens (primary N) is 1. The van der Waals surface area contributed by atoms with Gasteiger partial charge in [0, 0.05) is 25.3 Å². The van der Waals surface area contributed by atoms with E-state index < -0.39 is 10.0 Å². The summed E-state index contributed by atoms with van der Waals surface area (Å²) >= 11 is 0. The maximum Gasteiger partial charge on any atom is 0.260 e. The summed E-state index contributed by atoms with van der Waals surface area (Å²) in [4.78, 5) is 3.94. The van der Waals surface area contributed by atoms with Crippen LogP contribution in [0.15, 0.2) is 23.4 Å². The van der Waals surface area contributed by atoms with Gasteiger partial charge in [-0.25, -0.2) is 13.4 Å². The van der Waals surface area contributed by atoms with E-state index in [0.29, 0.717) is 25.9 Å². The third kappa shape index (κ3) is 2.65. The molecule has 0 aliphatic carbocycles. The Kier molecular flexibility index (Phi) is 3.46. The lowest BCUT2D eigenvalue weighted by Crippen LogP contribution is -2.42. The fourth-order valence-electron chi connectivity index (χ4n) is 1.90. The summed E-state index contributed by atoms with van der Waals surface area (Å²) in [6.45, 7) is 2.82. The van der Waals surface area contributed by atoms with E-state index in [0.717, 1.165) is 5.56 Å². The second-order valence-electron chi connectivity index (χ2n) is 4.41. The molecule has 0 spiro atoms. The largest absolute Gasteiger partial charge is 0.328 e. The van der Waals surface area contributed by atoms with Crippen LogP contribution in [0.5, 0.6) is 0 Å². The van der Waals surface area contributed by atoms with E-state index in [1.807, 2.05) is 6.92 Å². The molecule has 1 aliphatic heterocycles. The number of nitrogens with zero attached hydrogens (tertiary/aromatic N) is 2. The van der Waals surface area contributed by atoms with Crippen molar-refractivity contribution in [1.29, 1.82) is 0 Å². The van der Waals surface area contributed by atoms with Crippen molar-refractivity contribution in [3.05, 3.63) is 23.9 Å². The molecule has 94 valence electrons. The van der Waals surface area contributed by atoms with Gasteiger partial charge in [-0.2, -0.15) is 4.31 Å². The predicted octanol–water partition coefficient (Wildman–Crippen LogP) is 0.502. The van der Waals surface area contributed by atoms with Gasteiger partial charge >= 0.3 is 0 Å². The summed E-state index contributed by atoms with van der Waals surface area (Å²) in [6.07, 6.45) is 2.95. The first-order chi connectivity index (χ1) is 8.00. The van der Waals surface area contributed by atoms with E-state index in [9.17, 15) is 8.42 Å². The van der Waals surface area contributed by atoms with Gasteiger partial charge in [0.25, 0.3) is 10.0 Å². The Balaban J connectivity index is 2.25. The summed E-state index contributed by atoms with van der Waals surface area (Å²) < 4.78 is 26.0. The number of aromatic nitrogens is 1. The number of rotatable bonds is 2. The first kappa shape index (κ1) is 12.5. The molecule has 0 aromatic carbocycles. The first-order valence-corrected chi connectivity index (χ1v) is 7.12. The molecule has 1 aromatic heterocycles. The van der Waals surface area contributed by atoms with Crippen LogP contribution in [0.1, 0.15) is 18.4 Å². The average molecular weight is 255 g/mol. The Morgan fingerprint density at radius 1 is 1.41 bits per heavy atom. The zero-order valence-corrected chi connectivity index (χ0v) is 10.7. The van der Waals surface area contributed by atoms with Gasteiger partial charge in [-0.05, 0) is 37.5 Å². The van der Waals surface area contributed by atoms with Crippen LogP contribution < -0.4 is 5.73 Å². The highest BCUT2D eigenvalue weighted by atomic mass is 32.2. The zero-order chi connectivity index (χ0) is 12.5. The smallest absolute Gasteiger partial charge is 0.260 e. The van der Waals surface area contributed by atoms with Crippen LogP contribution in [0.4, 0.5) is 0 Å². The molecule has 2 N–H and O–H groups in total. The average Bonchev–Trinajstić information content (AvgIpc) is 2.29. The monoisotopic (exact) mass is 255 g/mol. The second kappa shape index (κ2) is 4.72. The molecule has 2 heterocycles. The third-order valence-corrected chi connectivity index (χ3v) is 4.79. The molecule has 0 radical (unpaired) electrons. The van der Waals surface area contributed by atoms with Crippen LogP contribution in [-0.4, -0.2) is 36.8 Å². The van der Waals surface area contributed by atoms with Gasteiger partial charge in [0.05, 0.1) is 0 Å². The Bertz CT molecular complexity index is 493. The van der Waals surface area contributed by atoms with Crippen LogP contribution in [-0.2, 0) is 10.0 Å². The molecule has 6 heteroatoms. The van der Waals surface area contributed by atoms with Crippen LogP contribution in [0.25, 0.3) is 0 Å². The zero-order valence-electron chi connectivity index (χ0n) is 9.83. The van der Waals surface area contributed by atoms with Gasteiger partial charge in [0.15, 0.2) is 5.03 Å². The van der Waals surface area contributed by atoms with Crippen molar-refractivity contribution in [2.45, 2.75) is 30.8 Å². The number of pyridine rings is 1. The highest BCUT2D eigenvalue weighted by molar-refractivity contribution is 7.89. The van der Waals surface area contributed by atoms with Crippen LogP contribution in [0, 0.1) is 6.92 Å². The van der Waals surface area contributed by atoms with Crippen molar-refractivity contribution < 1.29 is 8.42 Å². The topological polar surface area (TPSA) is 76.3 Å². The fourth-order valence-corrected chi connectivity index (χ4v) is 3.38. The fraction of sp³-hybridized carbons (Fsp3) is 0.545. The lowest BCUT2D eigenvalue weighted by Gasteiger charge is -2.28. The Morgan fingerprint density at radius 3 is 2.65 bits per heavy atom. The Labute approximate surface area is 102 Å². The molecule has 1 aliphatic rings. The highest BCUT2D eigenvalue weighted by Gasteiger charge is 2.29. The summed E-state index contributed by atoms with van der Waals surface area (Å²) in [6, 6.07) is 3.50. The summed E-state index contributed by atoms with van der Waals surface area (Å²) in [5.74, 6) is 0. The Hall–Kier alpha value is -0.980. The number of hydrogen-bond acceptors (Lipinski definition) is 4. The van der Waals surface area contributed by atoms with E-state index in [2.05, 4.69) is 4.98 Å². The van der Waals surface area contributed by atoms with Crippen molar-refractivity contribution in [3.63, 3.8) is 0 Å². The van der Waals surface area contributed by atoms with Gasteiger partial charge < -0.3 is 5.73 Å². The molecule has 17 heavy (non-hydrogen) atoms. The van der Waals surface area contributed by atoms with E-state index in [-0.39, 0.29) is 11.1 Å². The summed E-state index contributed by atoms with van der Waals surface area (Å²) in [5.41, 5.74) is 6.66. The molecule has 0 atom stereocenters. The number of aryl methyl sites for hydroxylation is 1. The minimum Gasteiger partial charge on any atom is -0.328 e. The normalized spacial score (nSPS) is 19.4. The van der Waals surface area contributed by atoms with E-state index in [4.69, 9.17) is 5.73 Å². The number of piperidine rings is 1. The molecule has 0 bridgehead atoms. The van der Waals surface area contributed by atoms with E-state index >= 15 is 0 Å². The van der Waals surface area contributed by atoms with E-state index in [1.54, 1.807) is 12.1 Å². The lowest BCUT2D eigenvalue weighted by molar-refractivity contribution is 0.319. The minimum absolute atomic E-state index is 0.118. The van der Waals surface area contributed by atoms with Gasteiger partial charge in [0.2, 0.25) is 0 Å². The summed E-state index contributed by atoms with van der Waals surface area (Å²) in [5, 5.41) is 0.132. The van der Waals surface area contributed by atoms with Gasteiger partial charge in [-0.1, -0.05) is 0 Å². The molecule has 2 rings (SSSR count). The minimum atomic E-state index is -3.44. The molecule has 1 aromatic rings. The van der Waals surface area contributed by atoms with Crippen molar-refractivity contribution in [1.82, 2.24) is 9.29 Å². The molecule has 0 saturated carbocycles.